The molecule has 0 fully saturated rings. The Bertz CT molecular complexity index is 952. The largest absolute Gasteiger partial charge is 0.364 e. The van der Waals surface area contributed by atoms with Crippen molar-refractivity contribution in [3.63, 3.8) is 0 Å². The Kier molecular flexibility index (Phi) is 4.70. The number of H-pyrrole nitrogens is 1. The Morgan fingerprint density at radius 3 is 2.56 bits per heavy atom. The van der Waals surface area contributed by atoms with Gasteiger partial charge in [0, 0.05) is 17.8 Å². The predicted octanol–water partition coefficient (Wildman–Crippen LogP) is 2.42. The van der Waals surface area contributed by atoms with Gasteiger partial charge in [0.15, 0.2) is 5.65 Å². The SMILES string of the molecule is CC(C)c1ccc(CCCc2cc(=O)n3[nH]c(C(N)=O)cc3n2)cc1. The highest BCUT2D eigenvalue weighted by Gasteiger charge is 2.09. The summed E-state index contributed by atoms with van der Waals surface area (Å²) >= 11 is 0. The number of benzene rings is 1. The lowest BCUT2D eigenvalue weighted by Gasteiger charge is -2.07. The van der Waals surface area contributed by atoms with Gasteiger partial charge in [-0.05, 0) is 36.3 Å². The molecule has 2 heterocycles. The lowest BCUT2D eigenvalue weighted by Crippen LogP contribution is -2.17. The molecule has 6 nitrogen and oxygen atoms in total. The number of nitrogens with zero attached hydrogens (tertiary/aromatic N) is 2. The fraction of sp³-hybridized carbons (Fsp3) is 0.316. The summed E-state index contributed by atoms with van der Waals surface area (Å²) < 4.78 is 1.23. The molecular weight excluding hydrogens is 316 g/mol. The third-order valence-corrected chi connectivity index (χ3v) is 4.31. The van der Waals surface area contributed by atoms with E-state index in [4.69, 9.17) is 5.73 Å². The molecule has 0 unspecified atom stereocenters. The Hall–Kier alpha value is -2.89. The molecule has 0 saturated heterocycles. The quantitative estimate of drug-likeness (QED) is 0.723. The molecule has 0 aliphatic rings. The first kappa shape index (κ1) is 17.0. The minimum atomic E-state index is -0.615. The number of aryl methyl sites for hydroxylation is 2. The van der Waals surface area contributed by atoms with Crippen LogP contribution in [0, 0.1) is 0 Å². The molecule has 25 heavy (non-hydrogen) atoms. The maximum atomic E-state index is 12.1. The number of aromatic nitrogens is 3. The summed E-state index contributed by atoms with van der Waals surface area (Å²) in [5, 5.41) is 2.65. The maximum Gasteiger partial charge on any atom is 0.272 e. The van der Waals surface area contributed by atoms with Gasteiger partial charge in [-0.1, -0.05) is 38.1 Å². The number of nitrogens with two attached hydrogens (primary N) is 1. The second-order valence-electron chi connectivity index (χ2n) is 6.56. The average Bonchev–Trinajstić information content (AvgIpc) is 3.00. The second kappa shape index (κ2) is 6.93. The van der Waals surface area contributed by atoms with Crippen molar-refractivity contribution in [2.24, 2.45) is 5.73 Å². The molecule has 6 heteroatoms. The minimum absolute atomic E-state index is 0.173. The Morgan fingerprint density at radius 1 is 1.20 bits per heavy atom. The summed E-state index contributed by atoms with van der Waals surface area (Å²) in [7, 11) is 0. The normalized spacial score (nSPS) is 11.3. The number of nitrogens with one attached hydrogen (secondary N) is 1. The van der Waals surface area contributed by atoms with Crippen LogP contribution in [0.15, 0.2) is 41.2 Å². The van der Waals surface area contributed by atoms with Gasteiger partial charge in [-0.3, -0.25) is 14.7 Å². The molecule has 0 radical (unpaired) electrons. The van der Waals surface area contributed by atoms with Crippen LogP contribution < -0.4 is 11.3 Å². The number of carbonyl (C=O) groups excluding carboxylic acids is 1. The van der Waals surface area contributed by atoms with Crippen LogP contribution in [0.3, 0.4) is 0 Å². The van der Waals surface area contributed by atoms with Crippen LogP contribution in [0.4, 0.5) is 0 Å². The van der Waals surface area contributed by atoms with E-state index in [0.29, 0.717) is 18.0 Å². The van der Waals surface area contributed by atoms with Crippen molar-refractivity contribution >= 4 is 11.6 Å². The minimum Gasteiger partial charge on any atom is -0.364 e. The third kappa shape index (κ3) is 3.79. The molecule has 130 valence electrons. The lowest BCUT2D eigenvalue weighted by molar-refractivity contribution is 0.0995. The molecule has 1 aromatic carbocycles. The third-order valence-electron chi connectivity index (χ3n) is 4.31. The van der Waals surface area contributed by atoms with Crippen molar-refractivity contribution in [1.29, 1.82) is 0 Å². The van der Waals surface area contributed by atoms with Crippen molar-refractivity contribution in [3.05, 3.63) is 69.3 Å². The summed E-state index contributed by atoms with van der Waals surface area (Å²) in [6.07, 6.45) is 2.53. The lowest BCUT2D eigenvalue weighted by atomic mass is 10.00. The van der Waals surface area contributed by atoms with Gasteiger partial charge in [-0.2, -0.15) is 0 Å². The molecule has 2 aromatic heterocycles. The molecule has 0 spiro atoms. The summed E-state index contributed by atoms with van der Waals surface area (Å²) in [4.78, 5) is 27.8. The van der Waals surface area contributed by atoms with E-state index in [1.165, 1.54) is 27.8 Å². The Balaban J connectivity index is 1.68. The maximum absolute atomic E-state index is 12.1. The van der Waals surface area contributed by atoms with E-state index in [-0.39, 0.29) is 11.3 Å². The molecule has 0 atom stereocenters. The van der Waals surface area contributed by atoms with E-state index in [9.17, 15) is 9.59 Å². The van der Waals surface area contributed by atoms with Crippen LogP contribution >= 0.6 is 0 Å². The van der Waals surface area contributed by atoms with E-state index in [2.05, 4.69) is 48.2 Å². The fourth-order valence-corrected chi connectivity index (χ4v) is 2.84. The molecule has 3 aromatic rings. The van der Waals surface area contributed by atoms with Gasteiger partial charge in [-0.15, -0.1) is 0 Å². The Morgan fingerprint density at radius 2 is 1.92 bits per heavy atom. The number of primary amides is 1. The van der Waals surface area contributed by atoms with Gasteiger partial charge >= 0.3 is 0 Å². The van der Waals surface area contributed by atoms with Gasteiger partial charge < -0.3 is 5.73 Å². The number of hydrogen-bond donors (Lipinski definition) is 2. The number of fused-ring (bicyclic) bond motifs is 1. The Labute approximate surface area is 145 Å². The van der Waals surface area contributed by atoms with Gasteiger partial charge in [0.05, 0.1) is 0 Å². The van der Waals surface area contributed by atoms with E-state index in [1.807, 2.05) is 0 Å². The monoisotopic (exact) mass is 338 g/mol. The highest BCUT2D eigenvalue weighted by atomic mass is 16.1. The van der Waals surface area contributed by atoms with Crippen LogP contribution in [-0.4, -0.2) is 20.5 Å². The molecule has 3 N–H and O–H groups in total. The zero-order chi connectivity index (χ0) is 18.0. The number of rotatable bonds is 6. The zero-order valence-electron chi connectivity index (χ0n) is 14.5. The number of hydrogen-bond acceptors (Lipinski definition) is 3. The van der Waals surface area contributed by atoms with Gasteiger partial charge in [0.25, 0.3) is 11.5 Å². The van der Waals surface area contributed by atoms with Gasteiger partial charge in [0.2, 0.25) is 0 Å². The van der Waals surface area contributed by atoms with Crippen LogP contribution in [0.25, 0.3) is 5.65 Å². The van der Waals surface area contributed by atoms with Crippen LogP contribution in [0.2, 0.25) is 0 Å². The number of amides is 1. The zero-order valence-corrected chi connectivity index (χ0v) is 14.5. The first-order valence-corrected chi connectivity index (χ1v) is 8.44. The van der Waals surface area contributed by atoms with E-state index in [1.54, 1.807) is 0 Å². The van der Waals surface area contributed by atoms with Crippen molar-refractivity contribution in [1.82, 2.24) is 14.6 Å². The van der Waals surface area contributed by atoms with Crippen molar-refractivity contribution in [3.8, 4) is 0 Å². The fourth-order valence-electron chi connectivity index (χ4n) is 2.84. The molecule has 0 bridgehead atoms. The van der Waals surface area contributed by atoms with Crippen molar-refractivity contribution in [2.75, 3.05) is 0 Å². The second-order valence-corrected chi connectivity index (χ2v) is 6.56. The van der Waals surface area contributed by atoms with Crippen LogP contribution in [-0.2, 0) is 12.8 Å². The van der Waals surface area contributed by atoms with Crippen LogP contribution in [0.1, 0.15) is 53.5 Å². The first-order chi connectivity index (χ1) is 11.9. The van der Waals surface area contributed by atoms with Crippen molar-refractivity contribution in [2.45, 2.75) is 39.0 Å². The molecule has 0 aliphatic carbocycles. The molecular formula is C19H22N4O2. The highest BCUT2D eigenvalue weighted by molar-refractivity contribution is 5.91. The van der Waals surface area contributed by atoms with E-state index >= 15 is 0 Å². The summed E-state index contributed by atoms with van der Waals surface area (Å²) in [5.41, 5.74) is 8.91. The highest BCUT2D eigenvalue weighted by Crippen LogP contribution is 2.16. The summed E-state index contributed by atoms with van der Waals surface area (Å²) in [6.45, 7) is 4.36. The van der Waals surface area contributed by atoms with E-state index in [0.717, 1.165) is 18.5 Å². The summed E-state index contributed by atoms with van der Waals surface area (Å²) in [6, 6.07) is 11.6. The van der Waals surface area contributed by atoms with E-state index < -0.39 is 5.91 Å². The van der Waals surface area contributed by atoms with Gasteiger partial charge in [-0.25, -0.2) is 9.50 Å². The molecule has 1 amide bonds. The smallest absolute Gasteiger partial charge is 0.272 e. The first-order valence-electron chi connectivity index (χ1n) is 8.44. The average molecular weight is 338 g/mol. The topological polar surface area (TPSA) is 93.2 Å². The molecule has 0 saturated carbocycles. The standard InChI is InChI=1S/C19H22N4O2/c1-12(2)14-8-6-13(7-9-14)4-3-5-15-10-18(24)23-17(21-15)11-16(22-23)19(20)25/h6-12,22H,3-5H2,1-2H3,(H2,20,25). The van der Waals surface area contributed by atoms with Crippen LogP contribution in [0.5, 0.6) is 0 Å². The van der Waals surface area contributed by atoms with Crippen molar-refractivity contribution < 1.29 is 4.79 Å². The number of aromatic amines is 1. The summed E-state index contributed by atoms with van der Waals surface area (Å²) in [5.74, 6) is -0.0825. The van der Waals surface area contributed by atoms with Gasteiger partial charge in [0.1, 0.15) is 5.69 Å². The molecule has 0 aliphatic heterocycles. The number of carbonyl (C=O) groups is 1. The predicted molar refractivity (Wildman–Crippen MR) is 96.9 cm³/mol. The molecule has 3 rings (SSSR count).